The van der Waals surface area contributed by atoms with E-state index >= 15 is 0 Å². The number of hydrogen-bond acceptors (Lipinski definition) is 3. The Bertz CT molecular complexity index is 517. The summed E-state index contributed by atoms with van der Waals surface area (Å²) in [5, 5.41) is 0.760. The number of benzene rings is 1. The van der Waals surface area contributed by atoms with Crippen LogP contribution in [0, 0.1) is 0 Å². The maximum absolute atomic E-state index is 5.82. The van der Waals surface area contributed by atoms with E-state index < -0.39 is 0 Å². The molecule has 0 saturated heterocycles. The third-order valence-corrected chi connectivity index (χ3v) is 3.36. The molecule has 0 atom stereocenters. The Morgan fingerprint density at radius 2 is 2.11 bits per heavy atom. The van der Waals surface area contributed by atoms with E-state index in [1.807, 2.05) is 36.4 Å². The number of alkyl halides is 1. The molecule has 3 nitrogen and oxygen atoms in total. The minimum absolute atomic E-state index is 0.601. The summed E-state index contributed by atoms with van der Waals surface area (Å²) in [4.78, 5) is 4.27. The normalized spacial score (nSPS) is 10.2. The minimum atomic E-state index is 0.601. The zero-order chi connectivity index (χ0) is 13.5. The Morgan fingerprint density at radius 3 is 2.79 bits per heavy atom. The van der Waals surface area contributed by atoms with E-state index in [9.17, 15) is 0 Å². The van der Waals surface area contributed by atoms with Gasteiger partial charge in [-0.05, 0) is 18.2 Å². The van der Waals surface area contributed by atoms with Gasteiger partial charge in [0.1, 0.15) is 11.5 Å². The molecule has 0 radical (unpaired) electrons. The van der Waals surface area contributed by atoms with E-state index in [4.69, 9.17) is 9.47 Å². The van der Waals surface area contributed by atoms with E-state index in [1.165, 1.54) is 0 Å². The largest absolute Gasteiger partial charge is 0.497 e. The fourth-order valence-electron chi connectivity index (χ4n) is 1.72. The predicted octanol–water partition coefficient (Wildman–Crippen LogP) is 3.61. The van der Waals surface area contributed by atoms with E-state index in [1.54, 1.807) is 13.3 Å². The lowest BCUT2D eigenvalue weighted by Gasteiger charge is -2.11. The molecule has 0 unspecified atom stereocenters. The minimum Gasteiger partial charge on any atom is -0.497 e. The third kappa shape index (κ3) is 3.96. The van der Waals surface area contributed by atoms with E-state index in [0.29, 0.717) is 6.61 Å². The molecule has 0 fully saturated rings. The highest BCUT2D eigenvalue weighted by Crippen LogP contribution is 2.26. The summed E-state index contributed by atoms with van der Waals surface area (Å²) < 4.78 is 11.0. The number of aromatic nitrogens is 1. The van der Waals surface area contributed by atoms with Crippen LogP contribution in [0.5, 0.6) is 11.5 Å². The fraction of sp³-hybridized carbons (Fsp3) is 0.267. The van der Waals surface area contributed by atoms with Gasteiger partial charge in [-0.15, -0.1) is 0 Å². The summed E-state index contributed by atoms with van der Waals surface area (Å²) in [5.74, 6) is 1.66. The number of methoxy groups -OCH3 is 1. The van der Waals surface area contributed by atoms with Crippen molar-refractivity contribution in [1.29, 1.82) is 0 Å². The Kier molecular flexibility index (Phi) is 5.21. The smallest absolute Gasteiger partial charge is 0.127 e. The first-order valence-electron chi connectivity index (χ1n) is 6.09. The van der Waals surface area contributed by atoms with Crippen molar-refractivity contribution < 1.29 is 9.47 Å². The number of rotatable bonds is 6. The summed E-state index contributed by atoms with van der Waals surface area (Å²) in [7, 11) is 1.65. The number of nitrogens with zero attached hydrogens (tertiary/aromatic N) is 1. The van der Waals surface area contributed by atoms with Gasteiger partial charge in [0, 0.05) is 35.3 Å². The molecule has 0 bridgehead atoms. The summed E-state index contributed by atoms with van der Waals surface area (Å²) in [6, 6.07) is 11.7. The maximum atomic E-state index is 5.82. The first-order valence-corrected chi connectivity index (χ1v) is 7.21. The predicted molar refractivity (Wildman–Crippen MR) is 79.1 cm³/mol. The van der Waals surface area contributed by atoms with Crippen LogP contribution in [0.4, 0.5) is 0 Å². The van der Waals surface area contributed by atoms with Crippen molar-refractivity contribution in [2.75, 3.05) is 13.7 Å². The van der Waals surface area contributed by atoms with Crippen molar-refractivity contribution in [3.63, 3.8) is 0 Å². The quantitative estimate of drug-likeness (QED) is 0.762. The molecule has 1 aromatic heterocycles. The molecule has 2 rings (SSSR count). The molecule has 1 heterocycles. The molecule has 0 aliphatic heterocycles. The van der Waals surface area contributed by atoms with Crippen LogP contribution in [0.3, 0.4) is 0 Å². The van der Waals surface area contributed by atoms with Gasteiger partial charge in [0.05, 0.1) is 13.7 Å². The van der Waals surface area contributed by atoms with Crippen molar-refractivity contribution in [2.45, 2.75) is 11.8 Å². The molecule has 0 amide bonds. The Labute approximate surface area is 121 Å². The highest BCUT2D eigenvalue weighted by atomic mass is 79.9. The van der Waals surface area contributed by atoms with Crippen molar-refractivity contribution in [1.82, 2.24) is 4.98 Å². The summed E-state index contributed by atoms with van der Waals surface area (Å²) in [6.45, 7) is 0.601. The van der Waals surface area contributed by atoms with Gasteiger partial charge in [-0.2, -0.15) is 0 Å². The van der Waals surface area contributed by atoms with Crippen molar-refractivity contribution in [2.24, 2.45) is 0 Å². The van der Waals surface area contributed by atoms with Crippen LogP contribution in [0.1, 0.15) is 11.3 Å². The van der Waals surface area contributed by atoms with E-state index in [-0.39, 0.29) is 0 Å². The zero-order valence-electron chi connectivity index (χ0n) is 10.8. The van der Waals surface area contributed by atoms with Gasteiger partial charge in [0.2, 0.25) is 0 Å². The van der Waals surface area contributed by atoms with Gasteiger partial charge in [0.25, 0.3) is 0 Å². The molecule has 0 N–H and O–H groups in total. The molecule has 2 aromatic rings. The molecule has 0 aliphatic carbocycles. The molecular formula is C15H16BrNO2. The summed E-state index contributed by atoms with van der Waals surface area (Å²) >= 11 is 3.46. The Morgan fingerprint density at radius 1 is 1.21 bits per heavy atom. The topological polar surface area (TPSA) is 31.4 Å². The standard InChI is InChI=1S/C15H16BrNO2/c1-18-14-6-5-12(11-16)15(10-14)19-9-7-13-4-2-3-8-17-13/h2-6,8,10H,7,9,11H2,1H3. The summed E-state index contributed by atoms with van der Waals surface area (Å²) in [5.41, 5.74) is 2.15. The zero-order valence-corrected chi connectivity index (χ0v) is 12.4. The van der Waals surface area contributed by atoms with Crippen LogP contribution in [0.25, 0.3) is 0 Å². The van der Waals surface area contributed by atoms with Gasteiger partial charge in [-0.25, -0.2) is 0 Å². The van der Waals surface area contributed by atoms with Crippen molar-refractivity contribution in [3.8, 4) is 11.5 Å². The van der Waals surface area contributed by atoms with Crippen LogP contribution in [-0.4, -0.2) is 18.7 Å². The Hall–Kier alpha value is -1.55. The second-order valence-electron chi connectivity index (χ2n) is 4.03. The van der Waals surface area contributed by atoms with Crippen LogP contribution in [0.15, 0.2) is 42.6 Å². The number of hydrogen-bond donors (Lipinski definition) is 0. The second-order valence-corrected chi connectivity index (χ2v) is 4.59. The van der Waals surface area contributed by atoms with Gasteiger partial charge in [0.15, 0.2) is 0 Å². The lowest BCUT2D eigenvalue weighted by atomic mass is 10.2. The van der Waals surface area contributed by atoms with Crippen molar-refractivity contribution in [3.05, 3.63) is 53.9 Å². The van der Waals surface area contributed by atoms with Crippen LogP contribution in [0.2, 0.25) is 0 Å². The molecule has 4 heteroatoms. The summed E-state index contributed by atoms with van der Waals surface area (Å²) in [6.07, 6.45) is 2.59. The number of ether oxygens (including phenoxy) is 2. The van der Waals surface area contributed by atoms with Crippen LogP contribution in [-0.2, 0) is 11.8 Å². The molecule has 1 aromatic carbocycles. The highest BCUT2D eigenvalue weighted by Gasteiger charge is 2.05. The molecule has 0 spiro atoms. The fourth-order valence-corrected chi connectivity index (χ4v) is 2.18. The van der Waals surface area contributed by atoms with Crippen LogP contribution >= 0.6 is 15.9 Å². The number of pyridine rings is 1. The molecule has 0 saturated carbocycles. The third-order valence-electron chi connectivity index (χ3n) is 2.76. The monoisotopic (exact) mass is 321 g/mol. The SMILES string of the molecule is COc1ccc(CBr)c(OCCc2ccccn2)c1. The van der Waals surface area contributed by atoms with E-state index in [2.05, 4.69) is 20.9 Å². The lowest BCUT2D eigenvalue weighted by Crippen LogP contribution is -2.04. The number of halogens is 1. The van der Waals surface area contributed by atoms with E-state index in [0.717, 1.165) is 34.5 Å². The van der Waals surface area contributed by atoms with Gasteiger partial charge < -0.3 is 9.47 Å². The van der Waals surface area contributed by atoms with Gasteiger partial charge in [-0.3, -0.25) is 4.98 Å². The van der Waals surface area contributed by atoms with Gasteiger partial charge in [-0.1, -0.05) is 28.1 Å². The van der Waals surface area contributed by atoms with Gasteiger partial charge >= 0.3 is 0 Å². The molecular weight excluding hydrogens is 306 g/mol. The van der Waals surface area contributed by atoms with Crippen molar-refractivity contribution >= 4 is 15.9 Å². The average molecular weight is 322 g/mol. The second kappa shape index (κ2) is 7.14. The first kappa shape index (κ1) is 13.9. The Balaban J connectivity index is 1.98. The van der Waals surface area contributed by atoms with Crippen LogP contribution < -0.4 is 9.47 Å². The average Bonchev–Trinajstić information content (AvgIpc) is 2.48. The lowest BCUT2D eigenvalue weighted by molar-refractivity contribution is 0.315. The highest BCUT2D eigenvalue weighted by molar-refractivity contribution is 9.08. The maximum Gasteiger partial charge on any atom is 0.127 e. The molecule has 0 aliphatic rings. The molecule has 19 heavy (non-hydrogen) atoms. The molecule has 100 valence electrons. The first-order chi connectivity index (χ1) is 9.33.